The van der Waals surface area contributed by atoms with E-state index in [1.54, 1.807) is 6.92 Å². The van der Waals surface area contributed by atoms with Gasteiger partial charge in [-0.25, -0.2) is 9.78 Å². The van der Waals surface area contributed by atoms with E-state index in [2.05, 4.69) is 20.6 Å². The van der Waals surface area contributed by atoms with Crippen molar-refractivity contribution >= 4 is 17.8 Å². The molecule has 15 heavy (non-hydrogen) atoms. The molecule has 1 atom stereocenters. The number of carbonyl (C=O) groups excluding carboxylic acids is 2. The summed E-state index contributed by atoms with van der Waals surface area (Å²) in [6.45, 7) is 1.55. The smallest absolute Gasteiger partial charge is 0.322 e. The van der Waals surface area contributed by atoms with Gasteiger partial charge in [0, 0.05) is 0 Å². The van der Waals surface area contributed by atoms with E-state index in [1.807, 2.05) is 0 Å². The fraction of sp³-hybridized carbons (Fsp3) is 0.250. The van der Waals surface area contributed by atoms with Crippen LogP contribution in [0.25, 0.3) is 0 Å². The van der Waals surface area contributed by atoms with Crippen LogP contribution < -0.4 is 16.4 Å². The molecule has 1 aliphatic rings. The van der Waals surface area contributed by atoms with Crippen LogP contribution in [0, 0.1) is 0 Å². The van der Waals surface area contributed by atoms with Crippen LogP contribution in [-0.4, -0.2) is 21.9 Å². The summed E-state index contributed by atoms with van der Waals surface area (Å²) < 4.78 is 0. The Morgan fingerprint density at radius 2 is 2.07 bits per heavy atom. The van der Waals surface area contributed by atoms with Gasteiger partial charge in [-0.1, -0.05) is 0 Å². The van der Waals surface area contributed by atoms with E-state index in [0.29, 0.717) is 5.69 Å². The largest absolute Gasteiger partial charge is 0.382 e. The normalized spacial score (nSPS) is 24.9. The highest BCUT2D eigenvalue weighted by molar-refractivity contribution is 6.06. The average Bonchev–Trinajstić information content (AvgIpc) is 2.42. The predicted octanol–water partition coefficient (Wildman–Crippen LogP) is -0.887. The van der Waals surface area contributed by atoms with Gasteiger partial charge in [0.1, 0.15) is 5.82 Å². The predicted molar refractivity (Wildman–Crippen MR) is 50.5 cm³/mol. The minimum Gasteiger partial charge on any atom is -0.382 e. The molecule has 0 saturated carbocycles. The second-order valence-corrected chi connectivity index (χ2v) is 3.36. The van der Waals surface area contributed by atoms with E-state index in [1.165, 1.54) is 12.4 Å². The zero-order chi connectivity index (χ0) is 11.1. The molecule has 0 aromatic carbocycles. The van der Waals surface area contributed by atoms with Crippen molar-refractivity contribution in [1.29, 1.82) is 0 Å². The topological polar surface area (TPSA) is 110 Å². The van der Waals surface area contributed by atoms with Gasteiger partial charge in [-0.05, 0) is 6.92 Å². The number of aromatic nitrogens is 2. The molecule has 0 spiro atoms. The van der Waals surface area contributed by atoms with Gasteiger partial charge in [0.25, 0.3) is 5.91 Å². The molecule has 1 aromatic rings. The fourth-order valence-corrected chi connectivity index (χ4v) is 1.32. The first-order valence-electron chi connectivity index (χ1n) is 4.24. The van der Waals surface area contributed by atoms with Crippen LogP contribution in [-0.2, 0) is 10.3 Å². The molecule has 3 amide bonds. The lowest BCUT2D eigenvalue weighted by Gasteiger charge is -2.18. The highest BCUT2D eigenvalue weighted by Crippen LogP contribution is 2.21. The molecule has 7 nitrogen and oxygen atoms in total. The molecule has 0 aliphatic carbocycles. The lowest BCUT2D eigenvalue weighted by Crippen LogP contribution is -2.41. The minimum atomic E-state index is -1.17. The number of hydrogen-bond acceptors (Lipinski definition) is 5. The molecule has 4 N–H and O–H groups in total. The Morgan fingerprint density at radius 3 is 2.53 bits per heavy atom. The van der Waals surface area contributed by atoms with Crippen molar-refractivity contribution in [3.05, 3.63) is 18.1 Å². The standard InChI is InChI=1S/C8H9N5O2/c1-8(6(14)12-7(15)13-8)4-2-11-5(9)3-10-4/h2-3H,1H3,(H2,9,11)(H2,12,13,14,15). The van der Waals surface area contributed by atoms with Crippen LogP contribution in [0.3, 0.4) is 0 Å². The molecule has 0 bridgehead atoms. The van der Waals surface area contributed by atoms with Gasteiger partial charge >= 0.3 is 6.03 Å². The molecule has 1 aromatic heterocycles. The minimum absolute atomic E-state index is 0.257. The van der Waals surface area contributed by atoms with E-state index in [9.17, 15) is 9.59 Å². The fourth-order valence-electron chi connectivity index (χ4n) is 1.32. The Balaban J connectivity index is 2.41. The third-order valence-corrected chi connectivity index (χ3v) is 2.23. The van der Waals surface area contributed by atoms with E-state index in [4.69, 9.17) is 5.73 Å². The van der Waals surface area contributed by atoms with E-state index >= 15 is 0 Å². The Hall–Kier alpha value is -2.18. The maximum atomic E-state index is 11.5. The molecule has 2 rings (SSSR count). The van der Waals surface area contributed by atoms with Crippen LogP contribution >= 0.6 is 0 Å². The Labute approximate surface area is 85.1 Å². The summed E-state index contributed by atoms with van der Waals surface area (Å²) in [7, 11) is 0. The summed E-state index contributed by atoms with van der Waals surface area (Å²) in [5.74, 6) is -0.196. The van der Waals surface area contributed by atoms with Crippen molar-refractivity contribution in [2.24, 2.45) is 0 Å². The molecular weight excluding hydrogens is 198 g/mol. The number of nitrogens with two attached hydrogens (primary N) is 1. The van der Waals surface area contributed by atoms with Crippen molar-refractivity contribution < 1.29 is 9.59 Å². The van der Waals surface area contributed by atoms with Gasteiger partial charge < -0.3 is 11.1 Å². The van der Waals surface area contributed by atoms with Gasteiger partial charge in [-0.2, -0.15) is 0 Å². The Morgan fingerprint density at radius 1 is 1.33 bits per heavy atom. The number of nitrogen functional groups attached to an aromatic ring is 1. The molecule has 7 heteroatoms. The molecule has 1 unspecified atom stereocenters. The highest BCUT2D eigenvalue weighted by atomic mass is 16.2. The number of rotatable bonds is 1. The Kier molecular flexibility index (Phi) is 1.82. The summed E-state index contributed by atoms with van der Waals surface area (Å²) >= 11 is 0. The van der Waals surface area contributed by atoms with Crippen LogP contribution in [0.1, 0.15) is 12.6 Å². The Bertz CT molecular complexity index is 429. The first-order chi connectivity index (χ1) is 7.02. The summed E-state index contributed by atoms with van der Waals surface area (Å²) in [6, 6.07) is -0.541. The van der Waals surface area contributed by atoms with Crippen molar-refractivity contribution in [3.8, 4) is 0 Å². The summed E-state index contributed by atoms with van der Waals surface area (Å²) in [6.07, 6.45) is 2.69. The van der Waals surface area contributed by atoms with Crippen LogP contribution in [0.15, 0.2) is 12.4 Å². The number of hydrogen-bond donors (Lipinski definition) is 3. The van der Waals surface area contributed by atoms with Gasteiger partial charge in [0.05, 0.1) is 18.1 Å². The average molecular weight is 207 g/mol. The lowest BCUT2D eigenvalue weighted by molar-refractivity contribution is -0.123. The van der Waals surface area contributed by atoms with Crippen LogP contribution in [0.5, 0.6) is 0 Å². The zero-order valence-corrected chi connectivity index (χ0v) is 7.94. The van der Waals surface area contributed by atoms with Gasteiger partial charge in [0.2, 0.25) is 0 Å². The molecule has 1 saturated heterocycles. The van der Waals surface area contributed by atoms with Crippen molar-refractivity contribution in [2.75, 3.05) is 5.73 Å². The summed E-state index contributed by atoms with van der Waals surface area (Å²) in [5.41, 5.74) is 4.55. The van der Waals surface area contributed by atoms with Crippen LogP contribution in [0.4, 0.5) is 10.6 Å². The quantitative estimate of drug-likeness (QED) is 0.517. The number of nitrogens with zero attached hydrogens (tertiary/aromatic N) is 2. The summed E-state index contributed by atoms with van der Waals surface area (Å²) in [5, 5.41) is 4.61. The maximum absolute atomic E-state index is 11.5. The van der Waals surface area contributed by atoms with Crippen LogP contribution in [0.2, 0.25) is 0 Å². The molecule has 0 radical (unpaired) electrons. The highest BCUT2D eigenvalue weighted by Gasteiger charge is 2.44. The number of amides is 3. The lowest BCUT2D eigenvalue weighted by atomic mass is 9.99. The molecule has 2 heterocycles. The number of carbonyl (C=O) groups is 2. The number of urea groups is 1. The third kappa shape index (κ3) is 1.37. The second-order valence-electron chi connectivity index (χ2n) is 3.36. The molecule has 1 aliphatic heterocycles. The van der Waals surface area contributed by atoms with E-state index in [0.717, 1.165) is 0 Å². The van der Waals surface area contributed by atoms with Gasteiger partial charge in [-0.15, -0.1) is 0 Å². The van der Waals surface area contributed by atoms with Gasteiger partial charge in [-0.3, -0.25) is 15.1 Å². The van der Waals surface area contributed by atoms with Crippen molar-refractivity contribution in [1.82, 2.24) is 20.6 Å². The number of anilines is 1. The number of imide groups is 1. The van der Waals surface area contributed by atoms with Crippen molar-refractivity contribution in [3.63, 3.8) is 0 Å². The summed E-state index contributed by atoms with van der Waals surface area (Å²) in [4.78, 5) is 30.3. The molecule has 78 valence electrons. The van der Waals surface area contributed by atoms with E-state index in [-0.39, 0.29) is 5.82 Å². The monoisotopic (exact) mass is 207 g/mol. The molecule has 1 fully saturated rings. The third-order valence-electron chi connectivity index (χ3n) is 2.23. The first kappa shape index (κ1) is 9.38. The maximum Gasteiger partial charge on any atom is 0.322 e. The SMILES string of the molecule is CC1(c2cnc(N)cn2)NC(=O)NC1=O. The van der Waals surface area contributed by atoms with Gasteiger partial charge in [0.15, 0.2) is 5.54 Å². The molecular formula is C8H9N5O2. The second kappa shape index (κ2) is 2.91. The zero-order valence-electron chi connectivity index (χ0n) is 7.94. The van der Waals surface area contributed by atoms with E-state index < -0.39 is 17.5 Å². The van der Waals surface area contributed by atoms with Crippen molar-refractivity contribution in [2.45, 2.75) is 12.5 Å². The number of nitrogens with one attached hydrogen (secondary N) is 2. The first-order valence-corrected chi connectivity index (χ1v) is 4.24.